The molecule has 0 saturated heterocycles. The van der Waals surface area contributed by atoms with Gasteiger partial charge in [0, 0.05) is 24.9 Å². The molecule has 4 rings (SSSR count). The molecule has 31 heavy (non-hydrogen) atoms. The lowest BCUT2D eigenvalue weighted by Gasteiger charge is -2.12. The van der Waals surface area contributed by atoms with Gasteiger partial charge in [-0.1, -0.05) is 55.8 Å². The Balaban J connectivity index is 1.72. The van der Waals surface area contributed by atoms with Gasteiger partial charge in [-0.25, -0.2) is 9.97 Å². The van der Waals surface area contributed by atoms with Crippen molar-refractivity contribution < 1.29 is 4.79 Å². The second-order valence-electron chi connectivity index (χ2n) is 7.73. The van der Waals surface area contributed by atoms with Crippen LogP contribution in [-0.2, 0) is 24.3 Å². The number of carbonyl (C=O) groups is 1. The van der Waals surface area contributed by atoms with Crippen molar-refractivity contribution in [2.45, 2.75) is 39.3 Å². The van der Waals surface area contributed by atoms with E-state index in [-0.39, 0.29) is 12.5 Å². The maximum Gasteiger partial charge on any atom is 0.234 e. The first-order valence-electron chi connectivity index (χ1n) is 10.7. The molecule has 160 valence electrons. The number of fused-ring (bicyclic) bond motifs is 3. The van der Waals surface area contributed by atoms with Gasteiger partial charge in [-0.15, -0.1) is 0 Å². The number of pyridine rings is 1. The van der Waals surface area contributed by atoms with E-state index in [9.17, 15) is 4.79 Å². The van der Waals surface area contributed by atoms with Gasteiger partial charge >= 0.3 is 0 Å². The van der Waals surface area contributed by atoms with Crippen molar-refractivity contribution in [1.29, 1.82) is 0 Å². The highest BCUT2D eigenvalue weighted by Crippen LogP contribution is 2.30. The fourth-order valence-corrected chi connectivity index (χ4v) is 3.82. The van der Waals surface area contributed by atoms with Crippen molar-refractivity contribution >= 4 is 33.7 Å². The third kappa shape index (κ3) is 4.36. The molecule has 0 saturated carbocycles. The number of unbranched alkanes of at least 4 members (excludes halogenated alkanes) is 1. The number of nitrogens with zero attached hydrogens (tertiary/aromatic N) is 3. The Kier molecular flexibility index (Phi) is 6.13. The van der Waals surface area contributed by atoms with E-state index in [0.717, 1.165) is 58.2 Å². The zero-order valence-electron chi connectivity index (χ0n) is 17.8. The smallest absolute Gasteiger partial charge is 0.234 e. The van der Waals surface area contributed by atoms with E-state index in [1.54, 1.807) is 0 Å². The largest absolute Gasteiger partial charge is 0.382 e. The predicted molar refractivity (Wildman–Crippen MR) is 125 cm³/mol. The van der Waals surface area contributed by atoms with Gasteiger partial charge in [-0.2, -0.15) is 0 Å². The van der Waals surface area contributed by atoms with E-state index in [1.807, 2.05) is 30.3 Å². The molecule has 7 heteroatoms. The molecule has 0 unspecified atom stereocenters. The standard InChI is InChI=1S/C24H28N6O/c1-2-3-8-20-29-22-23(18-6-4-5-7-19(18)28-24(22)26)30(20)15-17-11-9-16(10-12-17)14-27-21(31)13-25/h4-7,9-12H,2-3,8,13-15,25H2,1H3,(H2,26,28)(H,27,31). The lowest BCUT2D eigenvalue weighted by molar-refractivity contribution is -0.119. The summed E-state index contributed by atoms with van der Waals surface area (Å²) in [5.41, 5.74) is 16.5. The summed E-state index contributed by atoms with van der Waals surface area (Å²) < 4.78 is 2.27. The van der Waals surface area contributed by atoms with Crippen LogP contribution < -0.4 is 16.8 Å². The number of aryl methyl sites for hydroxylation is 1. The normalized spacial score (nSPS) is 11.3. The third-order valence-corrected chi connectivity index (χ3v) is 5.48. The minimum absolute atomic E-state index is 0.00172. The van der Waals surface area contributed by atoms with Gasteiger partial charge in [-0.05, 0) is 23.6 Å². The summed E-state index contributed by atoms with van der Waals surface area (Å²) in [6.07, 6.45) is 3.05. The fraction of sp³-hybridized carbons (Fsp3) is 0.292. The number of nitrogen functional groups attached to an aromatic ring is 1. The Morgan fingerprint density at radius 3 is 2.55 bits per heavy atom. The molecule has 2 aromatic carbocycles. The Hall–Kier alpha value is -3.45. The van der Waals surface area contributed by atoms with Gasteiger partial charge in [0.1, 0.15) is 11.3 Å². The average molecular weight is 417 g/mol. The quantitative estimate of drug-likeness (QED) is 0.409. The number of benzene rings is 2. The summed E-state index contributed by atoms with van der Waals surface area (Å²) in [5.74, 6) is 1.34. The van der Waals surface area contributed by atoms with Gasteiger partial charge in [0.05, 0.1) is 17.6 Å². The van der Waals surface area contributed by atoms with Crippen LogP contribution in [0.5, 0.6) is 0 Å². The molecule has 7 nitrogen and oxygen atoms in total. The van der Waals surface area contributed by atoms with E-state index >= 15 is 0 Å². The SMILES string of the molecule is CCCCc1nc2c(N)nc3ccccc3c2n1Cc1ccc(CNC(=O)CN)cc1. The first-order chi connectivity index (χ1) is 15.1. The molecule has 0 bridgehead atoms. The number of para-hydroxylation sites is 1. The number of imidazole rings is 1. The molecule has 0 radical (unpaired) electrons. The van der Waals surface area contributed by atoms with Gasteiger partial charge in [-0.3, -0.25) is 4.79 Å². The van der Waals surface area contributed by atoms with E-state index < -0.39 is 0 Å². The number of amides is 1. The lowest BCUT2D eigenvalue weighted by Crippen LogP contribution is -2.29. The van der Waals surface area contributed by atoms with Crippen molar-refractivity contribution in [1.82, 2.24) is 19.9 Å². The second-order valence-corrected chi connectivity index (χ2v) is 7.73. The molecule has 0 aliphatic carbocycles. The summed E-state index contributed by atoms with van der Waals surface area (Å²) >= 11 is 0. The number of nitrogens with one attached hydrogen (secondary N) is 1. The van der Waals surface area contributed by atoms with Crippen LogP contribution in [0.4, 0.5) is 5.82 Å². The summed E-state index contributed by atoms with van der Waals surface area (Å²) in [4.78, 5) is 20.8. The van der Waals surface area contributed by atoms with Crippen LogP contribution in [0.25, 0.3) is 21.9 Å². The van der Waals surface area contributed by atoms with Gasteiger partial charge < -0.3 is 21.4 Å². The van der Waals surface area contributed by atoms with Crippen molar-refractivity contribution in [2.24, 2.45) is 5.73 Å². The van der Waals surface area contributed by atoms with Crippen LogP contribution in [0.2, 0.25) is 0 Å². The number of nitrogens with two attached hydrogens (primary N) is 2. The Bertz CT molecular complexity index is 1210. The minimum atomic E-state index is -0.160. The fourth-order valence-electron chi connectivity index (χ4n) is 3.82. The maximum atomic E-state index is 11.4. The highest BCUT2D eigenvalue weighted by molar-refractivity contribution is 6.06. The molecule has 4 aromatic rings. The molecule has 0 aliphatic rings. The average Bonchev–Trinajstić information content (AvgIpc) is 3.16. The Morgan fingerprint density at radius 2 is 1.81 bits per heavy atom. The Morgan fingerprint density at radius 1 is 1.06 bits per heavy atom. The molecule has 5 N–H and O–H groups in total. The van der Waals surface area contributed by atoms with Crippen molar-refractivity contribution in [3.63, 3.8) is 0 Å². The summed E-state index contributed by atoms with van der Waals surface area (Å²) in [6.45, 7) is 3.34. The molecular formula is C24H28N6O. The Labute approximate surface area is 181 Å². The van der Waals surface area contributed by atoms with Crippen LogP contribution in [0.3, 0.4) is 0 Å². The van der Waals surface area contributed by atoms with Gasteiger partial charge in [0.15, 0.2) is 5.82 Å². The van der Waals surface area contributed by atoms with E-state index in [4.69, 9.17) is 16.5 Å². The molecule has 0 spiro atoms. The maximum absolute atomic E-state index is 11.4. The first-order valence-corrected chi connectivity index (χ1v) is 10.7. The lowest BCUT2D eigenvalue weighted by atomic mass is 10.1. The number of anilines is 1. The number of aromatic nitrogens is 3. The first kappa shape index (κ1) is 20.8. The van der Waals surface area contributed by atoms with Crippen LogP contribution in [-0.4, -0.2) is 27.0 Å². The summed E-state index contributed by atoms with van der Waals surface area (Å²) in [5, 5.41) is 3.85. The molecule has 0 fully saturated rings. The molecule has 0 aliphatic heterocycles. The third-order valence-electron chi connectivity index (χ3n) is 5.48. The molecule has 2 aromatic heterocycles. The molecule has 1 amide bonds. The predicted octanol–water partition coefficient (Wildman–Crippen LogP) is 3.13. The number of hydrogen-bond acceptors (Lipinski definition) is 5. The zero-order valence-corrected chi connectivity index (χ0v) is 17.8. The highest BCUT2D eigenvalue weighted by Gasteiger charge is 2.17. The van der Waals surface area contributed by atoms with Crippen molar-refractivity contribution in [3.05, 3.63) is 65.5 Å². The molecule has 2 heterocycles. The zero-order chi connectivity index (χ0) is 21.8. The second kappa shape index (κ2) is 9.14. The van der Waals surface area contributed by atoms with Crippen LogP contribution in [0.15, 0.2) is 48.5 Å². The van der Waals surface area contributed by atoms with Gasteiger partial charge in [0.25, 0.3) is 0 Å². The van der Waals surface area contributed by atoms with Gasteiger partial charge in [0.2, 0.25) is 5.91 Å². The minimum Gasteiger partial charge on any atom is -0.382 e. The topological polar surface area (TPSA) is 112 Å². The van der Waals surface area contributed by atoms with E-state index in [0.29, 0.717) is 18.9 Å². The van der Waals surface area contributed by atoms with Crippen molar-refractivity contribution in [3.8, 4) is 0 Å². The van der Waals surface area contributed by atoms with E-state index in [2.05, 4.69) is 40.0 Å². The van der Waals surface area contributed by atoms with E-state index in [1.165, 1.54) is 0 Å². The van der Waals surface area contributed by atoms with Crippen molar-refractivity contribution in [2.75, 3.05) is 12.3 Å². The highest BCUT2D eigenvalue weighted by atomic mass is 16.1. The number of hydrogen-bond donors (Lipinski definition) is 3. The summed E-state index contributed by atoms with van der Waals surface area (Å²) in [6, 6.07) is 16.3. The number of carbonyl (C=O) groups excluding carboxylic acids is 1. The monoisotopic (exact) mass is 416 g/mol. The molecular weight excluding hydrogens is 388 g/mol. The molecule has 0 atom stereocenters. The van der Waals surface area contributed by atoms with Crippen LogP contribution >= 0.6 is 0 Å². The van der Waals surface area contributed by atoms with Crippen LogP contribution in [0.1, 0.15) is 36.7 Å². The number of rotatable bonds is 8. The van der Waals surface area contributed by atoms with Crippen LogP contribution in [0, 0.1) is 0 Å². The summed E-state index contributed by atoms with van der Waals surface area (Å²) in [7, 11) is 0.